The number of carbonyl (C=O) groups is 1. The molecule has 0 saturated carbocycles. The van der Waals surface area contributed by atoms with Crippen molar-refractivity contribution in [1.29, 1.82) is 0 Å². The molecule has 1 aromatic heterocycles. The summed E-state index contributed by atoms with van der Waals surface area (Å²) < 4.78 is 28.6. The molecule has 1 rings (SSSR count). The topological polar surface area (TPSA) is 65.4 Å². The molecule has 5 nitrogen and oxygen atoms in total. The quantitative estimate of drug-likeness (QED) is 0.613. The van der Waals surface area contributed by atoms with E-state index < -0.39 is 15.0 Å². The third-order valence-electron chi connectivity index (χ3n) is 2.12. The number of aromatic nitrogens is 1. The van der Waals surface area contributed by atoms with Crippen LogP contribution in [0.25, 0.3) is 0 Å². The van der Waals surface area contributed by atoms with E-state index in [1.54, 1.807) is 14.0 Å². The number of ether oxygens (including phenoxy) is 1. The maximum atomic E-state index is 11.5. The Morgan fingerprint density at radius 2 is 2.12 bits per heavy atom. The van der Waals surface area contributed by atoms with Crippen molar-refractivity contribution in [3.63, 3.8) is 0 Å². The molecule has 0 aromatic carbocycles. The first-order chi connectivity index (χ1) is 7.29. The molecule has 0 bridgehead atoms. The van der Waals surface area contributed by atoms with Crippen LogP contribution in [0.4, 0.5) is 0 Å². The Kier molecular flexibility index (Phi) is 3.64. The molecule has 0 saturated heterocycles. The van der Waals surface area contributed by atoms with E-state index in [0.29, 0.717) is 5.56 Å². The molecule has 7 heteroatoms. The molecule has 0 amide bonds. The molecule has 0 radical (unpaired) electrons. The van der Waals surface area contributed by atoms with Gasteiger partial charge in [-0.2, -0.15) is 0 Å². The standard InChI is InChI=1S/C9H12ClNO4S/c1-4-15-9(12)8-6(2)7(5-11(8)3)16(10,13)14/h5H,4H2,1-3H3. The van der Waals surface area contributed by atoms with Crippen LogP contribution in [-0.4, -0.2) is 25.6 Å². The number of carbonyl (C=O) groups excluding carboxylic acids is 1. The van der Waals surface area contributed by atoms with Gasteiger partial charge in [0, 0.05) is 29.5 Å². The van der Waals surface area contributed by atoms with Gasteiger partial charge in [0.2, 0.25) is 0 Å². The number of nitrogens with zero attached hydrogens (tertiary/aromatic N) is 1. The van der Waals surface area contributed by atoms with Crippen LogP contribution in [0.15, 0.2) is 11.1 Å². The average Bonchev–Trinajstić information content (AvgIpc) is 2.41. The van der Waals surface area contributed by atoms with Gasteiger partial charge in [-0.3, -0.25) is 0 Å². The smallest absolute Gasteiger partial charge is 0.355 e. The zero-order chi connectivity index (χ0) is 12.5. The number of aryl methyl sites for hydroxylation is 1. The first-order valence-corrected chi connectivity index (χ1v) is 6.87. The highest BCUT2D eigenvalue weighted by Crippen LogP contribution is 2.24. The highest BCUT2D eigenvalue weighted by molar-refractivity contribution is 8.13. The summed E-state index contributed by atoms with van der Waals surface area (Å²) in [5.74, 6) is -0.561. The second kappa shape index (κ2) is 4.47. The summed E-state index contributed by atoms with van der Waals surface area (Å²) in [7, 11) is 2.96. The number of hydrogen-bond acceptors (Lipinski definition) is 4. The first-order valence-electron chi connectivity index (χ1n) is 4.56. The molecular weight excluding hydrogens is 254 g/mol. The van der Waals surface area contributed by atoms with E-state index in [1.807, 2.05) is 0 Å². The second-order valence-corrected chi connectivity index (χ2v) is 5.77. The van der Waals surface area contributed by atoms with Crippen LogP contribution in [-0.2, 0) is 20.8 Å². The third-order valence-corrected chi connectivity index (χ3v) is 3.56. The lowest BCUT2D eigenvalue weighted by atomic mass is 10.3. The lowest BCUT2D eigenvalue weighted by Crippen LogP contribution is -2.10. The summed E-state index contributed by atoms with van der Waals surface area (Å²) in [5, 5.41) is 0. The van der Waals surface area contributed by atoms with Gasteiger partial charge in [0.05, 0.1) is 6.61 Å². The minimum absolute atomic E-state index is 0.0697. The van der Waals surface area contributed by atoms with Crippen molar-refractivity contribution in [3.8, 4) is 0 Å². The van der Waals surface area contributed by atoms with Gasteiger partial charge in [-0.25, -0.2) is 13.2 Å². The minimum atomic E-state index is -3.84. The summed E-state index contributed by atoms with van der Waals surface area (Å²) in [6.07, 6.45) is 1.30. The normalized spacial score (nSPS) is 11.5. The Labute approximate surface area is 98.4 Å². The fourth-order valence-electron chi connectivity index (χ4n) is 1.46. The Balaban J connectivity index is 3.34. The lowest BCUT2D eigenvalue weighted by molar-refractivity contribution is 0.0514. The van der Waals surface area contributed by atoms with E-state index in [9.17, 15) is 13.2 Å². The van der Waals surface area contributed by atoms with Crippen molar-refractivity contribution in [2.45, 2.75) is 18.7 Å². The molecule has 0 unspecified atom stereocenters. The van der Waals surface area contributed by atoms with E-state index in [-0.39, 0.29) is 17.2 Å². The molecule has 1 aromatic rings. The zero-order valence-electron chi connectivity index (χ0n) is 9.15. The fourth-order valence-corrected chi connectivity index (χ4v) is 2.67. The van der Waals surface area contributed by atoms with Crippen LogP contribution in [0.5, 0.6) is 0 Å². The molecule has 16 heavy (non-hydrogen) atoms. The summed E-state index contributed by atoms with van der Waals surface area (Å²) in [4.78, 5) is 11.5. The van der Waals surface area contributed by atoms with Gasteiger partial charge in [-0.15, -0.1) is 0 Å². The van der Waals surface area contributed by atoms with Crippen molar-refractivity contribution < 1.29 is 17.9 Å². The van der Waals surface area contributed by atoms with Crippen molar-refractivity contribution in [2.75, 3.05) is 6.61 Å². The number of hydrogen-bond donors (Lipinski definition) is 0. The van der Waals surface area contributed by atoms with Crippen molar-refractivity contribution >= 4 is 25.7 Å². The minimum Gasteiger partial charge on any atom is -0.461 e. The predicted molar refractivity (Wildman–Crippen MR) is 59.1 cm³/mol. The summed E-state index contributed by atoms with van der Waals surface area (Å²) in [6.45, 7) is 3.42. The number of esters is 1. The van der Waals surface area contributed by atoms with Crippen LogP contribution < -0.4 is 0 Å². The maximum absolute atomic E-state index is 11.5. The molecule has 1 heterocycles. The van der Waals surface area contributed by atoms with Crippen molar-refractivity contribution in [1.82, 2.24) is 4.57 Å². The molecule has 0 atom stereocenters. The molecule has 0 fully saturated rings. The van der Waals surface area contributed by atoms with E-state index >= 15 is 0 Å². The summed E-state index contributed by atoms with van der Waals surface area (Å²) in [6, 6.07) is 0. The Bertz CT molecular complexity index is 518. The SMILES string of the molecule is CCOC(=O)c1c(C)c(S(=O)(=O)Cl)cn1C. The van der Waals surface area contributed by atoms with Gasteiger partial charge in [0.15, 0.2) is 0 Å². The second-order valence-electron chi connectivity index (χ2n) is 3.24. The highest BCUT2D eigenvalue weighted by Gasteiger charge is 2.24. The van der Waals surface area contributed by atoms with Gasteiger partial charge in [0.1, 0.15) is 10.6 Å². The first kappa shape index (κ1) is 13.1. The molecule has 0 spiro atoms. The van der Waals surface area contributed by atoms with Gasteiger partial charge in [-0.05, 0) is 13.8 Å². The monoisotopic (exact) mass is 265 g/mol. The maximum Gasteiger partial charge on any atom is 0.355 e. The van der Waals surface area contributed by atoms with Gasteiger partial charge < -0.3 is 9.30 Å². The summed E-state index contributed by atoms with van der Waals surface area (Å²) in [5.41, 5.74) is 0.497. The number of rotatable bonds is 3. The van der Waals surface area contributed by atoms with Crippen LogP contribution >= 0.6 is 10.7 Å². The lowest BCUT2D eigenvalue weighted by Gasteiger charge is -2.03. The Hall–Kier alpha value is -1.01. The predicted octanol–water partition coefficient (Wildman–Crippen LogP) is 1.44. The van der Waals surface area contributed by atoms with Gasteiger partial charge >= 0.3 is 5.97 Å². The molecule has 0 aliphatic heterocycles. The third kappa shape index (κ3) is 2.38. The largest absolute Gasteiger partial charge is 0.461 e. The molecule has 0 aliphatic rings. The van der Waals surface area contributed by atoms with Crippen molar-refractivity contribution in [2.24, 2.45) is 7.05 Å². The zero-order valence-corrected chi connectivity index (χ0v) is 10.7. The van der Waals surface area contributed by atoms with E-state index in [4.69, 9.17) is 15.4 Å². The fraction of sp³-hybridized carbons (Fsp3) is 0.444. The van der Waals surface area contributed by atoms with E-state index in [0.717, 1.165) is 0 Å². The van der Waals surface area contributed by atoms with Gasteiger partial charge in [0.25, 0.3) is 9.05 Å². The summed E-state index contributed by atoms with van der Waals surface area (Å²) >= 11 is 0. The number of halogens is 1. The van der Waals surface area contributed by atoms with Crippen LogP contribution in [0.3, 0.4) is 0 Å². The Morgan fingerprint density at radius 1 is 1.56 bits per heavy atom. The van der Waals surface area contributed by atoms with Crippen LogP contribution in [0.1, 0.15) is 23.0 Å². The molecule has 0 N–H and O–H groups in total. The van der Waals surface area contributed by atoms with Crippen LogP contribution in [0, 0.1) is 6.92 Å². The molecule has 90 valence electrons. The van der Waals surface area contributed by atoms with Gasteiger partial charge in [-0.1, -0.05) is 0 Å². The van der Waals surface area contributed by atoms with E-state index in [1.165, 1.54) is 17.7 Å². The highest BCUT2D eigenvalue weighted by atomic mass is 35.7. The van der Waals surface area contributed by atoms with Crippen LogP contribution in [0.2, 0.25) is 0 Å². The average molecular weight is 266 g/mol. The molecular formula is C9H12ClNO4S. The van der Waals surface area contributed by atoms with E-state index in [2.05, 4.69) is 0 Å². The van der Waals surface area contributed by atoms with Crippen molar-refractivity contribution in [3.05, 3.63) is 17.5 Å². The molecule has 0 aliphatic carbocycles. The Morgan fingerprint density at radius 3 is 2.50 bits per heavy atom.